The summed E-state index contributed by atoms with van der Waals surface area (Å²) in [5.41, 5.74) is 6.63. The van der Waals surface area contributed by atoms with Gasteiger partial charge in [0.2, 0.25) is 0 Å². The predicted molar refractivity (Wildman–Crippen MR) is 70.7 cm³/mol. The number of hydrogen-bond acceptors (Lipinski definition) is 4. The van der Waals surface area contributed by atoms with Gasteiger partial charge >= 0.3 is 0 Å². The van der Waals surface area contributed by atoms with Crippen LogP contribution >= 0.6 is 11.6 Å². The van der Waals surface area contributed by atoms with Crippen molar-refractivity contribution in [3.63, 3.8) is 0 Å². The summed E-state index contributed by atoms with van der Waals surface area (Å²) in [4.78, 5) is 6.45. The van der Waals surface area contributed by atoms with Crippen LogP contribution in [-0.2, 0) is 4.74 Å². The fraction of sp³-hybridized carbons (Fsp3) is 0.417. The second kappa shape index (κ2) is 5.27. The van der Waals surface area contributed by atoms with Gasteiger partial charge in [-0.2, -0.15) is 0 Å². The maximum Gasteiger partial charge on any atom is 0.282 e. The Morgan fingerprint density at radius 1 is 1.47 bits per heavy atom. The van der Waals surface area contributed by atoms with Crippen LogP contribution in [0.1, 0.15) is 6.92 Å². The van der Waals surface area contributed by atoms with Gasteiger partial charge in [-0.1, -0.05) is 11.6 Å². The minimum atomic E-state index is 0.116. The van der Waals surface area contributed by atoms with Gasteiger partial charge in [-0.25, -0.2) is 4.99 Å². The molecule has 2 N–H and O–H groups in total. The second-order valence-corrected chi connectivity index (χ2v) is 4.38. The lowest BCUT2D eigenvalue weighted by atomic mass is 10.2. The Bertz CT molecular complexity index is 405. The SMILES string of the molecule is CCN(CC1COC(N)=N1)c1ccc(Cl)cc1. The standard InChI is InChI=1S/C12H16ClN3O/c1-2-16(7-10-8-17-12(14)15-10)11-5-3-9(13)4-6-11/h3-6,10H,2,7-8H2,1H3,(H2,14,15). The highest BCUT2D eigenvalue weighted by atomic mass is 35.5. The Labute approximate surface area is 106 Å². The lowest BCUT2D eigenvalue weighted by molar-refractivity contribution is 0.313. The van der Waals surface area contributed by atoms with Crippen molar-refractivity contribution in [3.05, 3.63) is 29.3 Å². The maximum atomic E-state index is 5.87. The van der Waals surface area contributed by atoms with Crippen molar-refractivity contribution < 1.29 is 4.74 Å². The molecule has 0 fully saturated rings. The van der Waals surface area contributed by atoms with E-state index < -0.39 is 0 Å². The monoisotopic (exact) mass is 253 g/mol. The Balaban J connectivity index is 2.04. The van der Waals surface area contributed by atoms with E-state index in [1.165, 1.54) is 0 Å². The molecule has 0 spiro atoms. The molecule has 17 heavy (non-hydrogen) atoms. The van der Waals surface area contributed by atoms with Crippen LogP contribution in [-0.4, -0.2) is 31.8 Å². The molecule has 0 bridgehead atoms. The van der Waals surface area contributed by atoms with Crippen LogP contribution in [0.15, 0.2) is 29.3 Å². The fourth-order valence-electron chi connectivity index (χ4n) is 1.85. The van der Waals surface area contributed by atoms with Crippen LogP contribution in [0.25, 0.3) is 0 Å². The third kappa shape index (κ3) is 3.03. The van der Waals surface area contributed by atoms with Gasteiger partial charge < -0.3 is 15.4 Å². The van der Waals surface area contributed by atoms with E-state index in [1.54, 1.807) is 0 Å². The molecule has 0 aliphatic carbocycles. The van der Waals surface area contributed by atoms with Gasteiger partial charge in [-0.05, 0) is 31.2 Å². The summed E-state index contributed by atoms with van der Waals surface area (Å²) >= 11 is 5.87. The van der Waals surface area contributed by atoms with Gasteiger partial charge in [0.25, 0.3) is 6.02 Å². The molecule has 5 heteroatoms. The van der Waals surface area contributed by atoms with Gasteiger partial charge in [0.1, 0.15) is 12.6 Å². The van der Waals surface area contributed by atoms with E-state index in [0.29, 0.717) is 12.6 Å². The Kier molecular flexibility index (Phi) is 3.74. The molecule has 1 aliphatic rings. The second-order valence-electron chi connectivity index (χ2n) is 3.95. The summed E-state index contributed by atoms with van der Waals surface area (Å²) < 4.78 is 5.15. The van der Waals surface area contributed by atoms with Crippen molar-refractivity contribution in [1.82, 2.24) is 0 Å². The molecular formula is C12H16ClN3O. The summed E-state index contributed by atoms with van der Waals surface area (Å²) in [6.07, 6.45) is 0. The zero-order valence-corrected chi connectivity index (χ0v) is 10.5. The highest BCUT2D eigenvalue weighted by Gasteiger charge is 2.19. The first-order valence-corrected chi connectivity index (χ1v) is 6.03. The van der Waals surface area contributed by atoms with E-state index in [-0.39, 0.29) is 6.04 Å². The number of hydrogen-bond donors (Lipinski definition) is 1. The normalized spacial score (nSPS) is 18.7. The molecule has 1 unspecified atom stereocenters. The van der Waals surface area contributed by atoms with Gasteiger partial charge in [0.05, 0.1) is 0 Å². The summed E-state index contributed by atoms with van der Waals surface area (Å²) in [5.74, 6) is 0. The first-order valence-electron chi connectivity index (χ1n) is 5.65. The summed E-state index contributed by atoms with van der Waals surface area (Å²) in [6, 6.07) is 8.21. The van der Waals surface area contributed by atoms with E-state index in [2.05, 4.69) is 16.8 Å². The molecule has 1 aromatic carbocycles. The number of rotatable bonds is 4. The number of amidine groups is 1. The highest BCUT2D eigenvalue weighted by molar-refractivity contribution is 6.30. The lowest BCUT2D eigenvalue weighted by Gasteiger charge is -2.24. The fourth-order valence-corrected chi connectivity index (χ4v) is 1.98. The minimum Gasteiger partial charge on any atom is -0.463 e. The summed E-state index contributed by atoms with van der Waals surface area (Å²) in [7, 11) is 0. The van der Waals surface area contributed by atoms with Crippen molar-refractivity contribution in [2.75, 3.05) is 24.6 Å². The van der Waals surface area contributed by atoms with Crippen LogP contribution < -0.4 is 10.6 Å². The molecule has 4 nitrogen and oxygen atoms in total. The van der Waals surface area contributed by atoms with E-state index in [9.17, 15) is 0 Å². The predicted octanol–water partition coefficient (Wildman–Crippen LogP) is 1.88. The van der Waals surface area contributed by atoms with Crippen LogP contribution in [0.4, 0.5) is 5.69 Å². The van der Waals surface area contributed by atoms with Crippen molar-refractivity contribution in [1.29, 1.82) is 0 Å². The molecule has 0 radical (unpaired) electrons. The largest absolute Gasteiger partial charge is 0.463 e. The molecule has 0 saturated heterocycles. The van der Waals surface area contributed by atoms with Gasteiger partial charge in [0.15, 0.2) is 0 Å². The minimum absolute atomic E-state index is 0.116. The summed E-state index contributed by atoms with van der Waals surface area (Å²) in [5, 5.41) is 0.747. The van der Waals surface area contributed by atoms with Crippen molar-refractivity contribution in [2.45, 2.75) is 13.0 Å². The van der Waals surface area contributed by atoms with Gasteiger partial charge in [-0.3, -0.25) is 0 Å². The maximum absolute atomic E-state index is 5.87. The van der Waals surface area contributed by atoms with Crippen LogP contribution in [0.3, 0.4) is 0 Å². The molecule has 1 heterocycles. The first kappa shape index (κ1) is 12.0. The zero-order valence-electron chi connectivity index (χ0n) is 9.77. The molecule has 0 saturated carbocycles. The number of nitrogens with zero attached hydrogens (tertiary/aromatic N) is 2. The number of aliphatic imine (C=N–C) groups is 1. The lowest BCUT2D eigenvalue weighted by Crippen LogP contribution is -2.32. The van der Waals surface area contributed by atoms with Crippen LogP contribution in [0.2, 0.25) is 5.02 Å². The molecule has 1 aliphatic heterocycles. The molecular weight excluding hydrogens is 238 g/mol. The Morgan fingerprint density at radius 3 is 2.71 bits per heavy atom. The molecule has 92 valence electrons. The van der Waals surface area contributed by atoms with Crippen LogP contribution in [0.5, 0.6) is 0 Å². The van der Waals surface area contributed by atoms with Crippen molar-refractivity contribution in [3.8, 4) is 0 Å². The quantitative estimate of drug-likeness (QED) is 0.892. The average molecular weight is 254 g/mol. The van der Waals surface area contributed by atoms with Crippen LogP contribution in [0, 0.1) is 0 Å². The van der Waals surface area contributed by atoms with E-state index in [1.807, 2.05) is 24.3 Å². The third-order valence-electron chi connectivity index (χ3n) is 2.74. The van der Waals surface area contributed by atoms with E-state index in [0.717, 1.165) is 23.8 Å². The van der Waals surface area contributed by atoms with Gasteiger partial charge in [-0.15, -0.1) is 0 Å². The topological polar surface area (TPSA) is 50.9 Å². The summed E-state index contributed by atoms with van der Waals surface area (Å²) in [6.45, 7) is 4.39. The highest BCUT2D eigenvalue weighted by Crippen LogP contribution is 2.19. The number of ether oxygens (including phenoxy) is 1. The molecule has 0 aromatic heterocycles. The van der Waals surface area contributed by atoms with E-state index >= 15 is 0 Å². The molecule has 0 amide bonds. The zero-order chi connectivity index (χ0) is 12.3. The Hall–Kier alpha value is -1.42. The van der Waals surface area contributed by atoms with E-state index in [4.69, 9.17) is 22.1 Å². The number of halogens is 1. The number of likely N-dealkylation sites (N-methyl/N-ethyl adjacent to an activating group) is 1. The molecule has 2 rings (SSSR count). The van der Waals surface area contributed by atoms with Crippen molar-refractivity contribution >= 4 is 23.3 Å². The number of nitrogens with two attached hydrogens (primary N) is 1. The third-order valence-corrected chi connectivity index (χ3v) is 2.99. The van der Waals surface area contributed by atoms with Gasteiger partial charge in [0, 0.05) is 23.8 Å². The Morgan fingerprint density at radius 2 is 2.18 bits per heavy atom. The average Bonchev–Trinajstić information content (AvgIpc) is 2.73. The number of anilines is 1. The molecule has 1 atom stereocenters. The smallest absolute Gasteiger partial charge is 0.282 e. The molecule has 1 aromatic rings. The number of benzene rings is 1. The first-order chi connectivity index (χ1) is 8.19. The van der Waals surface area contributed by atoms with Crippen molar-refractivity contribution in [2.24, 2.45) is 10.7 Å².